The zero-order valence-corrected chi connectivity index (χ0v) is 19.6. The Balaban J connectivity index is 3.38. The number of carbonyl (C=O) groups excluding carboxylic acids is 3. The molecule has 0 bridgehead atoms. The van der Waals surface area contributed by atoms with Crippen molar-refractivity contribution in [2.24, 2.45) is 0 Å². The van der Waals surface area contributed by atoms with Gasteiger partial charge in [-0.25, -0.2) is 9.59 Å². The molecule has 0 aromatic rings. The van der Waals surface area contributed by atoms with Crippen molar-refractivity contribution in [2.45, 2.75) is 26.7 Å². The summed E-state index contributed by atoms with van der Waals surface area (Å²) in [5.41, 5.74) is 0. The molecule has 2 amide bonds. The van der Waals surface area contributed by atoms with Crippen molar-refractivity contribution < 1.29 is 38.1 Å². The lowest BCUT2D eigenvalue weighted by atomic mass is 10.3. The topological polar surface area (TPSA) is 125 Å². The van der Waals surface area contributed by atoms with Gasteiger partial charge in [-0.05, 0) is 39.1 Å². The Morgan fingerprint density at radius 3 is 2.12 bits per heavy atom. The summed E-state index contributed by atoms with van der Waals surface area (Å²) in [6, 6.07) is 0. The number of ether oxygens (including phenoxy) is 5. The van der Waals surface area contributed by atoms with Crippen LogP contribution in [0.15, 0.2) is 12.2 Å². The van der Waals surface area contributed by atoms with E-state index in [1.807, 2.05) is 14.0 Å². The highest BCUT2D eigenvalue weighted by atomic mass is 16.6. The predicted octanol–water partition coefficient (Wildman–Crippen LogP) is 1.32. The quantitative estimate of drug-likeness (QED) is 0.127. The Labute approximate surface area is 190 Å². The SMILES string of the molecule is CCNC(=O)OC/C=C/COC(=O)CCCOCCOCCOC(=O)NCCN(C)CC. The zero-order valence-electron chi connectivity index (χ0n) is 19.6. The van der Waals surface area contributed by atoms with Gasteiger partial charge in [0.1, 0.15) is 19.8 Å². The minimum atomic E-state index is -0.484. The number of carbonyl (C=O) groups is 3. The standard InChI is InChI=1S/C21H39N3O8/c1-4-22-20(26)31-14-7-6-13-30-19(25)9-8-12-28-15-16-29-17-18-32-21(27)23-10-11-24(3)5-2/h6-7H,4-5,8-18H2,1-3H3,(H,22,26)(H,23,27)/b7-6+. The molecule has 0 saturated carbocycles. The number of nitrogens with one attached hydrogen (secondary N) is 2. The third-order valence-corrected chi connectivity index (χ3v) is 3.94. The molecule has 0 unspecified atom stereocenters. The van der Waals surface area contributed by atoms with Gasteiger partial charge in [-0.15, -0.1) is 0 Å². The van der Waals surface area contributed by atoms with Crippen molar-refractivity contribution in [3.05, 3.63) is 12.2 Å². The first kappa shape index (κ1) is 29.6. The lowest BCUT2D eigenvalue weighted by Gasteiger charge is -2.14. The molecule has 0 spiro atoms. The van der Waals surface area contributed by atoms with E-state index < -0.39 is 12.2 Å². The van der Waals surface area contributed by atoms with Crippen LogP contribution in [0.25, 0.3) is 0 Å². The Morgan fingerprint density at radius 2 is 1.44 bits per heavy atom. The summed E-state index contributed by atoms with van der Waals surface area (Å²) in [6.45, 7) is 8.47. The van der Waals surface area contributed by atoms with Crippen molar-refractivity contribution >= 4 is 18.2 Å². The molecule has 0 atom stereocenters. The maximum absolute atomic E-state index is 11.6. The number of rotatable bonds is 19. The van der Waals surface area contributed by atoms with E-state index in [4.69, 9.17) is 23.7 Å². The minimum absolute atomic E-state index is 0.121. The molecule has 11 heteroatoms. The maximum Gasteiger partial charge on any atom is 0.407 e. The predicted molar refractivity (Wildman–Crippen MR) is 119 cm³/mol. The number of alkyl carbamates (subject to hydrolysis) is 2. The molecule has 0 aliphatic heterocycles. The summed E-state index contributed by atoms with van der Waals surface area (Å²) < 4.78 is 25.5. The van der Waals surface area contributed by atoms with E-state index in [1.165, 1.54) is 0 Å². The fourth-order valence-corrected chi connectivity index (χ4v) is 2.06. The molecular weight excluding hydrogens is 422 g/mol. The lowest BCUT2D eigenvalue weighted by Crippen LogP contribution is -2.33. The highest BCUT2D eigenvalue weighted by Crippen LogP contribution is 1.95. The first-order chi connectivity index (χ1) is 15.5. The van der Waals surface area contributed by atoms with E-state index in [0.29, 0.717) is 45.9 Å². The highest BCUT2D eigenvalue weighted by molar-refractivity contribution is 5.69. The van der Waals surface area contributed by atoms with Gasteiger partial charge < -0.3 is 39.2 Å². The lowest BCUT2D eigenvalue weighted by molar-refractivity contribution is -0.142. The second kappa shape index (κ2) is 21.8. The average Bonchev–Trinajstić information content (AvgIpc) is 2.77. The minimum Gasteiger partial charge on any atom is -0.461 e. The van der Waals surface area contributed by atoms with Gasteiger partial charge in [-0.2, -0.15) is 0 Å². The Hall–Kier alpha value is -2.37. The van der Waals surface area contributed by atoms with Crippen molar-refractivity contribution in [1.29, 1.82) is 0 Å². The van der Waals surface area contributed by atoms with Crippen LogP contribution in [0.3, 0.4) is 0 Å². The molecule has 0 heterocycles. The van der Waals surface area contributed by atoms with E-state index in [-0.39, 0.29) is 32.2 Å². The van der Waals surface area contributed by atoms with Crippen molar-refractivity contribution in [3.63, 3.8) is 0 Å². The molecule has 0 aliphatic carbocycles. The maximum atomic E-state index is 11.6. The van der Waals surface area contributed by atoms with E-state index in [2.05, 4.69) is 15.5 Å². The molecule has 11 nitrogen and oxygen atoms in total. The fraction of sp³-hybridized carbons (Fsp3) is 0.762. The molecule has 0 saturated heterocycles. The molecule has 2 N–H and O–H groups in total. The molecule has 0 aromatic carbocycles. The Kier molecular flexibility index (Phi) is 20.2. The van der Waals surface area contributed by atoms with Crippen LogP contribution in [-0.2, 0) is 28.5 Å². The van der Waals surface area contributed by atoms with Gasteiger partial charge in [0.2, 0.25) is 0 Å². The molecular formula is C21H39N3O8. The first-order valence-electron chi connectivity index (χ1n) is 10.9. The van der Waals surface area contributed by atoms with Crippen LogP contribution in [0.5, 0.6) is 0 Å². The smallest absolute Gasteiger partial charge is 0.407 e. The van der Waals surface area contributed by atoms with E-state index in [0.717, 1.165) is 13.1 Å². The van der Waals surface area contributed by atoms with Gasteiger partial charge in [0.25, 0.3) is 0 Å². The van der Waals surface area contributed by atoms with E-state index >= 15 is 0 Å². The van der Waals surface area contributed by atoms with Gasteiger partial charge in [-0.3, -0.25) is 4.79 Å². The first-order valence-corrected chi connectivity index (χ1v) is 10.9. The van der Waals surface area contributed by atoms with Crippen LogP contribution >= 0.6 is 0 Å². The summed E-state index contributed by atoms with van der Waals surface area (Å²) in [5, 5.41) is 5.17. The molecule has 186 valence electrons. The van der Waals surface area contributed by atoms with Crippen LogP contribution in [0.4, 0.5) is 9.59 Å². The number of likely N-dealkylation sites (N-methyl/N-ethyl adjacent to an activating group) is 1. The summed E-state index contributed by atoms with van der Waals surface area (Å²) in [4.78, 5) is 36.1. The number of nitrogens with zero attached hydrogens (tertiary/aromatic N) is 1. The summed E-state index contributed by atoms with van der Waals surface area (Å²) in [7, 11) is 1.98. The third-order valence-electron chi connectivity index (χ3n) is 3.94. The van der Waals surface area contributed by atoms with Crippen LogP contribution in [0, 0.1) is 0 Å². The molecule has 0 aliphatic rings. The van der Waals surface area contributed by atoms with Crippen molar-refractivity contribution in [1.82, 2.24) is 15.5 Å². The number of hydrogen-bond donors (Lipinski definition) is 2. The van der Waals surface area contributed by atoms with Crippen LogP contribution in [-0.4, -0.2) is 103 Å². The molecule has 32 heavy (non-hydrogen) atoms. The Morgan fingerprint density at radius 1 is 0.812 bits per heavy atom. The summed E-state index contributed by atoms with van der Waals surface area (Å²) in [6.07, 6.45) is 3.07. The van der Waals surface area contributed by atoms with Crippen LogP contribution in [0.2, 0.25) is 0 Å². The van der Waals surface area contributed by atoms with Gasteiger partial charge in [-0.1, -0.05) is 6.92 Å². The fourth-order valence-electron chi connectivity index (χ4n) is 2.06. The average molecular weight is 462 g/mol. The second-order valence-corrected chi connectivity index (χ2v) is 6.57. The van der Waals surface area contributed by atoms with E-state index in [9.17, 15) is 14.4 Å². The van der Waals surface area contributed by atoms with Crippen LogP contribution < -0.4 is 10.6 Å². The summed E-state index contributed by atoms with van der Waals surface area (Å²) >= 11 is 0. The zero-order chi connectivity index (χ0) is 23.9. The molecule has 0 radical (unpaired) electrons. The number of amides is 2. The molecule has 0 aromatic heterocycles. The van der Waals surface area contributed by atoms with E-state index in [1.54, 1.807) is 19.1 Å². The summed E-state index contributed by atoms with van der Waals surface area (Å²) in [5.74, 6) is -0.323. The van der Waals surface area contributed by atoms with Gasteiger partial charge in [0, 0.05) is 32.7 Å². The number of hydrogen-bond acceptors (Lipinski definition) is 9. The Bertz CT molecular complexity index is 531. The highest BCUT2D eigenvalue weighted by Gasteiger charge is 2.03. The molecule has 0 fully saturated rings. The van der Waals surface area contributed by atoms with Gasteiger partial charge in [0.05, 0.1) is 19.8 Å². The largest absolute Gasteiger partial charge is 0.461 e. The van der Waals surface area contributed by atoms with Crippen molar-refractivity contribution in [2.75, 3.05) is 79.5 Å². The third kappa shape index (κ3) is 20.9. The van der Waals surface area contributed by atoms with Gasteiger partial charge in [0.15, 0.2) is 0 Å². The monoisotopic (exact) mass is 461 g/mol. The number of esters is 1. The van der Waals surface area contributed by atoms with Gasteiger partial charge >= 0.3 is 18.2 Å². The van der Waals surface area contributed by atoms with Crippen LogP contribution in [0.1, 0.15) is 26.7 Å². The second-order valence-electron chi connectivity index (χ2n) is 6.57. The molecule has 0 rings (SSSR count). The van der Waals surface area contributed by atoms with Crippen molar-refractivity contribution in [3.8, 4) is 0 Å². The normalized spacial score (nSPS) is 10.9.